The van der Waals surface area contributed by atoms with E-state index >= 15 is 0 Å². The number of hydrogen-bond donors (Lipinski definition) is 0. The summed E-state index contributed by atoms with van der Waals surface area (Å²) in [5, 5.41) is 2.93. The molecular formula is C46H29N3O2. The van der Waals surface area contributed by atoms with Crippen LogP contribution in [0.15, 0.2) is 185 Å². The number of fused-ring (bicyclic) bond motifs is 6. The van der Waals surface area contributed by atoms with Crippen molar-refractivity contribution in [1.82, 2.24) is 9.97 Å². The van der Waals surface area contributed by atoms with Gasteiger partial charge >= 0.3 is 0 Å². The molecule has 5 nitrogen and oxygen atoms in total. The molecule has 240 valence electrons. The van der Waals surface area contributed by atoms with Crippen LogP contribution in [-0.4, -0.2) is 9.97 Å². The third kappa shape index (κ3) is 4.94. The Hall–Kier alpha value is -6.98. The molecule has 10 rings (SSSR count). The van der Waals surface area contributed by atoms with Crippen molar-refractivity contribution >= 4 is 61.1 Å². The first kappa shape index (κ1) is 29.0. The Kier molecular flexibility index (Phi) is 6.74. The first-order chi connectivity index (χ1) is 25.3. The van der Waals surface area contributed by atoms with Gasteiger partial charge in [0.25, 0.3) is 0 Å². The van der Waals surface area contributed by atoms with Gasteiger partial charge in [0.2, 0.25) is 0 Å². The molecule has 51 heavy (non-hydrogen) atoms. The van der Waals surface area contributed by atoms with Gasteiger partial charge in [-0.3, -0.25) is 0 Å². The molecule has 0 saturated heterocycles. The first-order valence-electron chi connectivity index (χ1n) is 17.0. The largest absolute Gasteiger partial charge is 0.456 e. The van der Waals surface area contributed by atoms with E-state index in [0.29, 0.717) is 11.4 Å². The van der Waals surface area contributed by atoms with Crippen LogP contribution in [0.2, 0.25) is 0 Å². The summed E-state index contributed by atoms with van der Waals surface area (Å²) in [6.07, 6.45) is 0. The van der Waals surface area contributed by atoms with E-state index in [1.165, 1.54) is 11.1 Å². The zero-order valence-electron chi connectivity index (χ0n) is 27.4. The van der Waals surface area contributed by atoms with Crippen molar-refractivity contribution in [1.29, 1.82) is 0 Å². The highest BCUT2D eigenvalue weighted by atomic mass is 16.3. The molecule has 7 aromatic carbocycles. The number of furan rings is 2. The number of hydrogen-bond acceptors (Lipinski definition) is 5. The van der Waals surface area contributed by atoms with Crippen LogP contribution in [-0.2, 0) is 0 Å². The standard InChI is InChI=1S/C46H29N3O2/c1-4-13-30(14-5-1)31-23-25-34(26-24-31)49(33-17-8-3-9-18-33)35-27-28-36-41(29-35)50-40-22-12-20-38(42(36)40)46-47-43(32-15-6-2-7-16-32)45-44(48-46)37-19-10-11-21-39(37)51-45/h1-29H. The van der Waals surface area contributed by atoms with Crippen LogP contribution in [0.3, 0.4) is 0 Å². The number of para-hydroxylation sites is 2. The van der Waals surface area contributed by atoms with Gasteiger partial charge < -0.3 is 13.7 Å². The molecule has 0 N–H and O–H groups in total. The molecule has 0 amide bonds. The van der Waals surface area contributed by atoms with Crippen molar-refractivity contribution in [2.45, 2.75) is 0 Å². The highest BCUT2D eigenvalue weighted by Crippen LogP contribution is 2.42. The Balaban J connectivity index is 1.13. The molecule has 0 aliphatic rings. The summed E-state index contributed by atoms with van der Waals surface area (Å²) in [5.41, 5.74) is 11.9. The fourth-order valence-electron chi connectivity index (χ4n) is 7.10. The summed E-state index contributed by atoms with van der Waals surface area (Å²) in [6.45, 7) is 0. The van der Waals surface area contributed by atoms with Gasteiger partial charge in [-0.2, -0.15) is 0 Å². The topological polar surface area (TPSA) is 55.3 Å². The molecule has 5 heteroatoms. The predicted octanol–water partition coefficient (Wildman–Crippen LogP) is 12.7. The van der Waals surface area contributed by atoms with Crippen LogP contribution >= 0.6 is 0 Å². The Labute approximate surface area is 293 Å². The van der Waals surface area contributed by atoms with Crippen LogP contribution in [0, 0.1) is 0 Å². The average molecular weight is 656 g/mol. The Bertz CT molecular complexity index is 2840. The molecule has 3 aromatic heterocycles. The van der Waals surface area contributed by atoms with Crippen molar-refractivity contribution < 1.29 is 8.83 Å². The second-order valence-electron chi connectivity index (χ2n) is 12.6. The quantitative estimate of drug-likeness (QED) is 0.178. The van der Waals surface area contributed by atoms with Gasteiger partial charge in [-0.1, -0.05) is 115 Å². The van der Waals surface area contributed by atoms with Gasteiger partial charge in [-0.05, 0) is 65.7 Å². The normalized spacial score (nSPS) is 11.5. The summed E-state index contributed by atoms with van der Waals surface area (Å²) in [5.74, 6) is 0.620. The van der Waals surface area contributed by atoms with Crippen molar-refractivity contribution in [3.05, 3.63) is 176 Å². The highest BCUT2D eigenvalue weighted by molar-refractivity contribution is 6.14. The zero-order valence-corrected chi connectivity index (χ0v) is 27.4. The lowest BCUT2D eigenvalue weighted by atomic mass is 10.0. The van der Waals surface area contributed by atoms with Crippen LogP contribution in [0.25, 0.3) is 77.8 Å². The van der Waals surface area contributed by atoms with Gasteiger partial charge in [0.05, 0.1) is 0 Å². The molecule has 0 spiro atoms. The molecule has 0 saturated carbocycles. The van der Waals surface area contributed by atoms with Crippen molar-refractivity contribution in [3.63, 3.8) is 0 Å². The van der Waals surface area contributed by atoms with Crippen LogP contribution in [0.1, 0.15) is 0 Å². The molecule has 3 heterocycles. The van der Waals surface area contributed by atoms with Gasteiger partial charge in [0, 0.05) is 50.4 Å². The minimum Gasteiger partial charge on any atom is -0.456 e. The molecule has 0 atom stereocenters. The summed E-state index contributed by atoms with van der Waals surface area (Å²) < 4.78 is 13.0. The summed E-state index contributed by atoms with van der Waals surface area (Å²) in [6, 6.07) is 60.3. The number of aromatic nitrogens is 2. The molecule has 0 radical (unpaired) electrons. The number of anilines is 3. The monoisotopic (exact) mass is 655 g/mol. The molecule has 0 unspecified atom stereocenters. The van der Waals surface area contributed by atoms with Gasteiger partial charge in [0.15, 0.2) is 11.4 Å². The van der Waals surface area contributed by atoms with E-state index in [0.717, 1.165) is 72.3 Å². The van der Waals surface area contributed by atoms with Crippen molar-refractivity contribution in [3.8, 4) is 33.8 Å². The van der Waals surface area contributed by atoms with Gasteiger partial charge in [-0.15, -0.1) is 0 Å². The molecule has 0 aliphatic heterocycles. The van der Waals surface area contributed by atoms with Gasteiger partial charge in [0.1, 0.15) is 28.0 Å². The maximum Gasteiger partial charge on any atom is 0.180 e. The summed E-state index contributed by atoms with van der Waals surface area (Å²) >= 11 is 0. The third-order valence-corrected chi connectivity index (χ3v) is 9.49. The maximum absolute atomic E-state index is 6.61. The Morgan fingerprint density at radius 1 is 0.412 bits per heavy atom. The van der Waals surface area contributed by atoms with E-state index in [4.69, 9.17) is 18.8 Å². The van der Waals surface area contributed by atoms with E-state index in [1.54, 1.807) is 0 Å². The lowest BCUT2D eigenvalue weighted by Crippen LogP contribution is -2.09. The second kappa shape index (κ2) is 11.9. The maximum atomic E-state index is 6.61. The Morgan fingerprint density at radius 3 is 1.82 bits per heavy atom. The van der Waals surface area contributed by atoms with E-state index in [1.807, 2.05) is 60.7 Å². The van der Waals surface area contributed by atoms with E-state index in [2.05, 4.69) is 120 Å². The number of rotatable bonds is 6. The average Bonchev–Trinajstić information content (AvgIpc) is 3.77. The molecule has 0 fully saturated rings. The van der Waals surface area contributed by atoms with E-state index in [-0.39, 0.29) is 0 Å². The molecule has 0 bridgehead atoms. The minimum atomic E-state index is 0.620. The molecule has 10 aromatic rings. The minimum absolute atomic E-state index is 0.620. The van der Waals surface area contributed by atoms with Crippen molar-refractivity contribution in [2.75, 3.05) is 4.90 Å². The summed E-state index contributed by atoms with van der Waals surface area (Å²) in [4.78, 5) is 12.6. The zero-order chi connectivity index (χ0) is 33.7. The predicted molar refractivity (Wildman–Crippen MR) is 208 cm³/mol. The van der Waals surface area contributed by atoms with Crippen molar-refractivity contribution in [2.24, 2.45) is 0 Å². The number of nitrogens with zero attached hydrogens (tertiary/aromatic N) is 3. The SMILES string of the molecule is c1ccc(-c2ccc(N(c3ccccc3)c3ccc4c(c3)oc3cccc(-c5nc(-c6ccccc6)c6oc7ccccc7c6n5)c34)cc2)cc1. The first-order valence-corrected chi connectivity index (χ1v) is 17.0. The van der Waals surface area contributed by atoms with Crippen LogP contribution < -0.4 is 4.90 Å². The van der Waals surface area contributed by atoms with E-state index < -0.39 is 0 Å². The van der Waals surface area contributed by atoms with Gasteiger partial charge in [-0.25, -0.2) is 9.97 Å². The molecule has 0 aliphatic carbocycles. The van der Waals surface area contributed by atoms with E-state index in [9.17, 15) is 0 Å². The Morgan fingerprint density at radius 2 is 1.04 bits per heavy atom. The lowest BCUT2D eigenvalue weighted by Gasteiger charge is -2.25. The van der Waals surface area contributed by atoms with Crippen LogP contribution in [0.4, 0.5) is 17.1 Å². The van der Waals surface area contributed by atoms with Crippen LogP contribution in [0.5, 0.6) is 0 Å². The smallest absolute Gasteiger partial charge is 0.180 e. The fourth-order valence-corrected chi connectivity index (χ4v) is 7.10. The number of benzene rings is 7. The molecular weight excluding hydrogens is 627 g/mol. The highest BCUT2D eigenvalue weighted by Gasteiger charge is 2.22. The third-order valence-electron chi connectivity index (χ3n) is 9.49. The lowest BCUT2D eigenvalue weighted by molar-refractivity contribution is 0.667. The second-order valence-corrected chi connectivity index (χ2v) is 12.6. The fraction of sp³-hybridized carbons (Fsp3) is 0. The summed E-state index contributed by atoms with van der Waals surface area (Å²) in [7, 11) is 0.